The van der Waals surface area contributed by atoms with Crippen LogP contribution in [-0.2, 0) is 16.6 Å². The lowest BCUT2D eigenvalue weighted by Crippen LogP contribution is -2.12. The molecule has 3 aromatic carbocycles. The van der Waals surface area contributed by atoms with Crippen LogP contribution in [0.15, 0.2) is 70.9 Å². The molecule has 0 unspecified atom stereocenters. The lowest BCUT2D eigenvalue weighted by molar-refractivity contribution is 0.100. The zero-order valence-corrected chi connectivity index (χ0v) is 19.9. The number of nitrogens with two attached hydrogens (primary N) is 2. The normalized spacial score (nSPS) is 11.8. The first-order chi connectivity index (χ1) is 16.2. The molecule has 0 saturated heterocycles. The first-order valence-corrected chi connectivity index (χ1v) is 12.8. The number of amides is 1. The number of imidazole rings is 1. The number of benzene rings is 3. The van der Waals surface area contributed by atoms with Crippen molar-refractivity contribution in [1.82, 2.24) is 9.55 Å². The van der Waals surface area contributed by atoms with Gasteiger partial charge in [-0.2, -0.15) is 0 Å². The quantitative estimate of drug-likeness (QED) is 0.310. The number of primary amides is 1. The van der Waals surface area contributed by atoms with Crippen LogP contribution in [0.25, 0.3) is 21.1 Å². The van der Waals surface area contributed by atoms with E-state index in [1.165, 1.54) is 12.1 Å². The highest BCUT2D eigenvalue weighted by Crippen LogP contribution is 2.32. The number of rotatable bonds is 6. The van der Waals surface area contributed by atoms with E-state index in [0.29, 0.717) is 34.3 Å². The first-order valence-electron chi connectivity index (χ1n) is 10.0. The van der Waals surface area contributed by atoms with Gasteiger partial charge in [0.1, 0.15) is 0 Å². The predicted octanol–water partition coefficient (Wildman–Crippen LogP) is 4.44. The highest BCUT2D eigenvalue weighted by atomic mass is 35.5. The molecular weight excluding hydrogens is 494 g/mol. The van der Waals surface area contributed by atoms with Gasteiger partial charge in [-0.25, -0.2) is 18.5 Å². The first kappa shape index (κ1) is 22.4. The number of carbonyl (C=O) groups excluding carboxylic acids is 1. The zero-order valence-electron chi connectivity index (χ0n) is 17.5. The SMILES string of the molecule is NC(=O)c1ccc2c(c1)nc(Nc1ccc(S(N)(=O)=O)cc1)n2Cc1csc2ccc(Cl)cc12. The number of fused-ring (bicyclic) bond motifs is 2. The smallest absolute Gasteiger partial charge is 0.248 e. The average Bonchev–Trinajstić information content (AvgIpc) is 3.34. The Labute approximate surface area is 203 Å². The van der Waals surface area contributed by atoms with Gasteiger partial charge < -0.3 is 15.6 Å². The molecule has 2 heterocycles. The van der Waals surface area contributed by atoms with Crippen LogP contribution in [0.4, 0.5) is 11.6 Å². The fourth-order valence-corrected chi connectivity index (χ4v) is 5.36. The molecule has 34 heavy (non-hydrogen) atoms. The summed E-state index contributed by atoms with van der Waals surface area (Å²) in [5.41, 5.74) is 8.89. The zero-order chi connectivity index (χ0) is 24.0. The molecule has 1 amide bonds. The van der Waals surface area contributed by atoms with E-state index >= 15 is 0 Å². The van der Waals surface area contributed by atoms with E-state index in [-0.39, 0.29) is 4.90 Å². The third-order valence-electron chi connectivity index (χ3n) is 5.42. The van der Waals surface area contributed by atoms with E-state index in [9.17, 15) is 13.2 Å². The monoisotopic (exact) mass is 511 g/mol. The minimum atomic E-state index is -3.79. The van der Waals surface area contributed by atoms with Gasteiger partial charge in [0.15, 0.2) is 0 Å². The largest absolute Gasteiger partial charge is 0.366 e. The van der Waals surface area contributed by atoms with Gasteiger partial charge >= 0.3 is 0 Å². The molecule has 0 bridgehead atoms. The third-order valence-corrected chi connectivity index (χ3v) is 7.59. The topological polar surface area (TPSA) is 133 Å². The van der Waals surface area contributed by atoms with Gasteiger partial charge in [0.25, 0.3) is 0 Å². The summed E-state index contributed by atoms with van der Waals surface area (Å²) in [6.07, 6.45) is 0. The number of halogens is 1. The van der Waals surface area contributed by atoms with Crippen LogP contribution in [-0.4, -0.2) is 23.9 Å². The summed E-state index contributed by atoms with van der Waals surface area (Å²) in [5, 5.41) is 12.2. The van der Waals surface area contributed by atoms with Crippen LogP contribution < -0.4 is 16.2 Å². The van der Waals surface area contributed by atoms with E-state index in [1.807, 2.05) is 22.8 Å². The molecule has 0 aliphatic heterocycles. The highest BCUT2D eigenvalue weighted by molar-refractivity contribution is 7.89. The number of thiophene rings is 1. The number of aromatic nitrogens is 2. The van der Waals surface area contributed by atoms with Crippen molar-refractivity contribution >= 4 is 71.6 Å². The minimum Gasteiger partial charge on any atom is -0.366 e. The minimum absolute atomic E-state index is 0.0132. The summed E-state index contributed by atoms with van der Waals surface area (Å²) >= 11 is 7.86. The number of primary sulfonamides is 1. The van der Waals surface area contributed by atoms with Crippen LogP contribution in [0.2, 0.25) is 5.02 Å². The molecule has 8 nitrogen and oxygen atoms in total. The Morgan fingerprint density at radius 2 is 1.85 bits per heavy atom. The molecule has 0 radical (unpaired) electrons. The summed E-state index contributed by atoms with van der Waals surface area (Å²) in [7, 11) is -3.79. The van der Waals surface area contributed by atoms with Crippen molar-refractivity contribution in [2.24, 2.45) is 10.9 Å². The molecule has 0 spiro atoms. The number of carbonyl (C=O) groups is 1. The van der Waals surface area contributed by atoms with Gasteiger partial charge in [-0.3, -0.25) is 4.79 Å². The van der Waals surface area contributed by atoms with Crippen molar-refractivity contribution in [2.45, 2.75) is 11.4 Å². The van der Waals surface area contributed by atoms with Crippen LogP contribution >= 0.6 is 22.9 Å². The van der Waals surface area contributed by atoms with E-state index in [0.717, 1.165) is 21.2 Å². The van der Waals surface area contributed by atoms with Gasteiger partial charge in [-0.05, 0) is 77.0 Å². The molecule has 0 saturated carbocycles. The van der Waals surface area contributed by atoms with Crippen molar-refractivity contribution in [3.63, 3.8) is 0 Å². The molecular formula is C23H18ClN5O3S2. The molecule has 0 fully saturated rings. The molecule has 172 valence electrons. The van der Waals surface area contributed by atoms with Crippen LogP contribution in [0.1, 0.15) is 15.9 Å². The molecule has 5 aromatic rings. The second-order valence-electron chi connectivity index (χ2n) is 7.69. The molecule has 0 atom stereocenters. The van der Waals surface area contributed by atoms with Crippen LogP contribution in [0, 0.1) is 0 Å². The maximum absolute atomic E-state index is 11.7. The molecule has 5 N–H and O–H groups in total. The Morgan fingerprint density at radius 3 is 2.56 bits per heavy atom. The number of nitrogens with one attached hydrogen (secondary N) is 1. The molecule has 2 aromatic heterocycles. The highest BCUT2D eigenvalue weighted by Gasteiger charge is 2.16. The summed E-state index contributed by atoms with van der Waals surface area (Å²) in [5.74, 6) is -0.0237. The number of hydrogen-bond donors (Lipinski definition) is 3. The number of nitrogens with zero attached hydrogens (tertiary/aromatic N) is 2. The fraction of sp³-hybridized carbons (Fsp3) is 0.0435. The number of anilines is 2. The average molecular weight is 512 g/mol. The summed E-state index contributed by atoms with van der Waals surface area (Å²) < 4.78 is 26.2. The Bertz CT molecular complexity index is 1670. The van der Waals surface area contributed by atoms with E-state index < -0.39 is 15.9 Å². The Balaban J connectivity index is 1.60. The molecule has 0 aliphatic carbocycles. The summed E-state index contributed by atoms with van der Waals surface area (Å²) in [6, 6.07) is 17.0. The molecule has 5 rings (SSSR count). The van der Waals surface area contributed by atoms with Gasteiger partial charge in [-0.15, -0.1) is 11.3 Å². The fourth-order valence-electron chi connectivity index (χ4n) is 3.74. The van der Waals surface area contributed by atoms with Gasteiger partial charge in [-0.1, -0.05) is 11.6 Å². The van der Waals surface area contributed by atoms with E-state index in [4.69, 9.17) is 22.5 Å². The Morgan fingerprint density at radius 1 is 1.09 bits per heavy atom. The summed E-state index contributed by atoms with van der Waals surface area (Å²) in [6.45, 7) is 0.490. The number of sulfonamides is 1. The Hall–Kier alpha value is -3.44. The molecule has 0 aliphatic rings. The Kier molecular flexibility index (Phi) is 5.53. The lowest BCUT2D eigenvalue weighted by Gasteiger charge is -2.11. The third kappa shape index (κ3) is 4.24. The van der Waals surface area contributed by atoms with Gasteiger partial charge in [0, 0.05) is 21.0 Å². The number of hydrogen-bond acceptors (Lipinski definition) is 6. The summed E-state index contributed by atoms with van der Waals surface area (Å²) in [4.78, 5) is 16.4. The maximum atomic E-state index is 11.7. The second-order valence-corrected chi connectivity index (χ2v) is 10.6. The standard InChI is InChI=1S/C23H18ClN5O3S2/c24-15-2-8-21-18(10-15)14(12-33-21)11-29-20-7-1-13(22(25)30)9-19(20)28-23(29)27-16-3-5-17(6-4-16)34(26,31)32/h1-10,12H,11H2,(H2,25,30)(H,27,28)(H2,26,31,32). The van der Waals surface area contributed by atoms with E-state index in [2.05, 4.69) is 15.7 Å². The van der Waals surface area contributed by atoms with Crippen molar-refractivity contribution in [1.29, 1.82) is 0 Å². The second kappa shape index (κ2) is 8.41. The van der Waals surface area contributed by atoms with Crippen molar-refractivity contribution in [3.05, 3.63) is 82.2 Å². The molecule has 11 heteroatoms. The lowest BCUT2D eigenvalue weighted by atomic mass is 10.1. The van der Waals surface area contributed by atoms with Crippen molar-refractivity contribution in [2.75, 3.05) is 5.32 Å². The van der Waals surface area contributed by atoms with Crippen molar-refractivity contribution < 1.29 is 13.2 Å². The maximum Gasteiger partial charge on any atom is 0.248 e. The van der Waals surface area contributed by atoms with Gasteiger partial charge in [0.05, 0.1) is 22.5 Å². The van der Waals surface area contributed by atoms with Crippen LogP contribution in [0.5, 0.6) is 0 Å². The van der Waals surface area contributed by atoms with Crippen molar-refractivity contribution in [3.8, 4) is 0 Å². The van der Waals surface area contributed by atoms with Gasteiger partial charge in [0.2, 0.25) is 21.9 Å². The predicted molar refractivity (Wildman–Crippen MR) is 135 cm³/mol. The van der Waals surface area contributed by atoms with Crippen LogP contribution in [0.3, 0.4) is 0 Å². The van der Waals surface area contributed by atoms with E-state index in [1.54, 1.807) is 41.7 Å².